The average Bonchev–Trinajstić information content (AvgIpc) is 2.79. The monoisotopic (exact) mass is 238 g/mol. The molecule has 84 valence electrons. The Hall–Kier alpha value is -1.40. The maximum absolute atomic E-state index is 13.1. The topological polar surface area (TPSA) is 50.7 Å². The van der Waals surface area contributed by atoms with Crippen molar-refractivity contribution in [3.8, 4) is 0 Å². The molecule has 1 atom stereocenters. The molecule has 6 heteroatoms. The van der Waals surface area contributed by atoms with Gasteiger partial charge in [0.2, 0.25) is 0 Å². The van der Waals surface area contributed by atoms with E-state index in [-0.39, 0.29) is 11.9 Å². The van der Waals surface area contributed by atoms with E-state index in [1.54, 1.807) is 12.4 Å². The summed E-state index contributed by atoms with van der Waals surface area (Å²) in [6.07, 6.45) is 4.50. The first-order chi connectivity index (χ1) is 7.81. The summed E-state index contributed by atoms with van der Waals surface area (Å²) in [5.41, 5.74) is 1.55. The Morgan fingerprint density at radius 1 is 1.44 bits per heavy atom. The lowest BCUT2D eigenvalue weighted by Crippen LogP contribution is -2.22. The maximum Gasteiger partial charge on any atom is 0.141 e. The van der Waals surface area contributed by atoms with Gasteiger partial charge in [-0.15, -0.1) is 0 Å². The molecule has 0 aromatic carbocycles. The molecule has 0 saturated carbocycles. The zero-order valence-corrected chi connectivity index (χ0v) is 9.54. The van der Waals surface area contributed by atoms with E-state index in [4.69, 9.17) is 0 Å². The summed E-state index contributed by atoms with van der Waals surface area (Å²) in [6.45, 7) is 2.75. The molecule has 0 aliphatic carbocycles. The third kappa shape index (κ3) is 2.40. The fraction of sp³-hybridized carbons (Fsp3) is 0.300. The predicted octanol–water partition coefficient (Wildman–Crippen LogP) is 1.77. The van der Waals surface area contributed by atoms with Crippen molar-refractivity contribution in [2.75, 3.05) is 6.54 Å². The standard InChI is InChI=1S/C10H11FN4S/c1-2-13-10(9-6-14-16-15-9)7-3-8(11)5-12-4-7/h3-6,10,13H,2H2,1H3. The number of nitrogens with one attached hydrogen (secondary N) is 1. The van der Waals surface area contributed by atoms with Crippen molar-refractivity contribution in [2.24, 2.45) is 0 Å². The molecule has 0 aliphatic heterocycles. The lowest BCUT2D eigenvalue weighted by molar-refractivity contribution is 0.591. The lowest BCUT2D eigenvalue weighted by Gasteiger charge is -2.14. The van der Waals surface area contributed by atoms with Crippen LogP contribution < -0.4 is 5.32 Å². The zero-order valence-electron chi connectivity index (χ0n) is 8.72. The zero-order chi connectivity index (χ0) is 11.4. The van der Waals surface area contributed by atoms with Crippen LogP contribution in [-0.2, 0) is 0 Å². The molecule has 2 aromatic heterocycles. The predicted molar refractivity (Wildman–Crippen MR) is 59.6 cm³/mol. The van der Waals surface area contributed by atoms with Crippen LogP contribution in [0.3, 0.4) is 0 Å². The molecule has 1 N–H and O–H groups in total. The highest BCUT2D eigenvalue weighted by Crippen LogP contribution is 2.20. The van der Waals surface area contributed by atoms with Crippen molar-refractivity contribution >= 4 is 11.7 Å². The van der Waals surface area contributed by atoms with Gasteiger partial charge in [-0.2, -0.15) is 8.75 Å². The van der Waals surface area contributed by atoms with Crippen molar-refractivity contribution in [3.05, 3.63) is 41.7 Å². The van der Waals surface area contributed by atoms with Gasteiger partial charge in [0.25, 0.3) is 0 Å². The smallest absolute Gasteiger partial charge is 0.141 e. The van der Waals surface area contributed by atoms with Crippen LogP contribution in [0.1, 0.15) is 24.2 Å². The van der Waals surface area contributed by atoms with Gasteiger partial charge < -0.3 is 5.32 Å². The number of hydrogen-bond donors (Lipinski definition) is 1. The van der Waals surface area contributed by atoms with E-state index in [0.717, 1.165) is 29.5 Å². The molecule has 0 saturated heterocycles. The minimum absolute atomic E-state index is 0.146. The van der Waals surface area contributed by atoms with Crippen LogP contribution in [0.4, 0.5) is 4.39 Å². The lowest BCUT2D eigenvalue weighted by atomic mass is 10.1. The summed E-state index contributed by atoms with van der Waals surface area (Å²) in [5, 5.41) is 3.23. The molecule has 2 rings (SSSR count). The molecule has 16 heavy (non-hydrogen) atoms. The third-order valence-electron chi connectivity index (χ3n) is 2.14. The van der Waals surface area contributed by atoms with Crippen LogP contribution in [0, 0.1) is 5.82 Å². The summed E-state index contributed by atoms with van der Waals surface area (Å²) >= 11 is 1.14. The van der Waals surface area contributed by atoms with Gasteiger partial charge >= 0.3 is 0 Å². The van der Waals surface area contributed by atoms with Gasteiger partial charge in [0.05, 0.1) is 35.9 Å². The van der Waals surface area contributed by atoms with E-state index >= 15 is 0 Å². The SMILES string of the molecule is CCNC(c1cncc(F)c1)c1cnsn1. The van der Waals surface area contributed by atoms with Crippen LogP contribution in [0.5, 0.6) is 0 Å². The second-order valence-corrected chi connectivity index (χ2v) is 3.82. The first-order valence-electron chi connectivity index (χ1n) is 4.92. The van der Waals surface area contributed by atoms with Crippen LogP contribution >= 0.6 is 11.7 Å². The van der Waals surface area contributed by atoms with Gasteiger partial charge in [-0.05, 0) is 18.2 Å². The Labute approximate surface area is 96.9 Å². The number of hydrogen-bond acceptors (Lipinski definition) is 5. The maximum atomic E-state index is 13.1. The summed E-state index contributed by atoms with van der Waals surface area (Å²) in [7, 11) is 0. The second kappa shape index (κ2) is 5.09. The minimum atomic E-state index is -0.344. The second-order valence-electron chi connectivity index (χ2n) is 3.26. The Balaban J connectivity index is 2.33. The molecule has 2 heterocycles. The molecule has 2 aromatic rings. The third-order valence-corrected chi connectivity index (χ3v) is 2.63. The average molecular weight is 238 g/mol. The molecular weight excluding hydrogens is 227 g/mol. The molecule has 0 fully saturated rings. The van der Waals surface area contributed by atoms with Crippen LogP contribution in [-0.4, -0.2) is 20.3 Å². The van der Waals surface area contributed by atoms with Gasteiger partial charge in [-0.3, -0.25) is 4.98 Å². The number of aromatic nitrogens is 3. The van der Waals surface area contributed by atoms with Crippen molar-refractivity contribution in [1.82, 2.24) is 19.0 Å². The molecular formula is C10H11FN4S. The number of pyridine rings is 1. The molecule has 4 nitrogen and oxygen atoms in total. The van der Waals surface area contributed by atoms with E-state index in [1.165, 1.54) is 12.3 Å². The van der Waals surface area contributed by atoms with Crippen molar-refractivity contribution in [3.63, 3.8) is 0 Å². The highest BCUT2D eigenvalue weighted by atomic mass is 32.1. The normalized spacial score (nSPS) is 12.6. The van der Waals surface area contributed by atoms with Crippen LogP contribution in [0.2, 0.25) is 0 Å². The molecule has 0 bridgehead atoms. The number of nitrogens with zero attached hydrogens (tertiary/aromatic N) is 3. The van der Waals surface area contributed by atoms with E-state index in [1.807, 2.05) is 6.92 Å². The highest BCUT2D eigenvalue weighted by molar-refractivity contribution is 6.99. The molecule has 0 amide bonds. The highest BCUT2D eigenvalue weighted by Gasteiger charge is 2.16. The first kappa shape index (κ1) is 11.1. The van der Waals surface area contributed by atoms with Gasteiger partial charge in [0.1, 0.15) is 5.82 Å². The number of rotatable bonds is 4. The molecule has 1 unspecified atom stereocenters. The Kier molecular flexibility index (Phi) is 3.53. The summed E-state index contributed by atoms with van der Waals surface area (Å²) in [6, 6.07) is 1.31. The summed E-state index contributed by atoms with van der Waals surface area (Å²) in [5.74, 6) is -0.344. The summed E-state index contributed by atoms with van der Waals surface area (Å²) < 4.78 is 21.2. The fourth-order valence-corrected chi connectivity index (χ4v) is 1.93. The van der Waals surface area contributed by atoms with Gasteiger partial charge in [0, 0.05) is 6.20 Å². The van der Waals surface area contributed by atoms with Crippen molar-refractivity contribution < 1.29 is 4.39 Å². The van der Waals surface area contributed by atoms with Crippen molar-refractivity contribution in [2.45, 2.75) is 13.0 Å². The van der Waals surface area contributed by atoms with E-state index in [9.17, 15) is 4.39 Å². The van der Waals surface area contributed by atoms with Gasteiger partial charge in [0.15, 0.2) is 0 Å². The Morgan fingerprint density at radius 3 is 2.94 bits per heavy atom. The minimum Gasteiger partial charge on any atom is -0.305 e. The van der Waals surface area contributed by atoms with E-state index in [0.29, 0.717) is 0 Å². The van der Waals surface area contributed by atoms with Gasteiger partial charge in [-0.25, -0.2) is 4.39 Å². The van der Waals surface area contributed by atoms with Crippen LogP contribution in [0.15, 0.2) is 24.7 Å². The first-order valence-corrected chi connectivity index (χ1v) is 5.65. The summed E-state index contributed by atoms with van der Waals surface area (Å²) in [4.78, 5) is 3.84. The van der Waals surface area contributed by atoms with Gasteiger partial charge in [-0.1, -0.05) is 6.92 Å². The van der Waals surface area contributed by atoms with Crippen LogP contribution in [0.25, 0.3) is 0 Å². The van der Waals surface area contributed by atoms with Crippen molar-refractivity contribution in [1.29, 1.82) is 0 Å². The Morgan fingerprint density at radius 2 is 2.31 bits per heavy atom. The molecule has 0 aliphatic rings. The quantitative estimate of drug-likeness (QED) is 0.882. The number of halogens is 1. The van der Waals surface area contributed by atoms with E-state index < -0.39 is 0 Å². The fourth-order valence-electron chi connectivity index (χ4n) is 1.48. The molecule has 0 radical (unpaired) electrons. The Bertz CT molecular complexity index is 446. The van der Waals surface area contributed by atoms with E-state index in [2.05, 4.69) is 19.0 Å². The largest absolute Gasteiger partial charge is 0.305 e. The molecule has 0 spiro atoms.